The second-order valence-electron chi connectivity index (χ2n) is 5.31. The molecule has 0 spiro atoms. The molecule has 0 radical (unpaired) electrons. The van der Waals surface area contributed by atoms with Crippen molar-refractivity contribution in [1.82, 2.24) is 9.55 Å². The van der Waals surface area contributed by atoms with Crippen LogP contribution in [0.5, 0.6) is 5.88 Å². The number of halogens is 1. The van der Waals surface area contributed by atoms with E-state index in [1.54, 1.807) is 0 Å². The lowest BCUT2D eigenvalue weighted by atomic mass is 10.2. The lowest BCUT2D eigenvalue weighted by molar-refractivity contribution is 0.430. The van der Waals surface area contributed by atoms with Crippen molar-refractivity contribution < 1.29 is 17.9 Å². The molecule has 1 aromatic carbocycles. The van der Waals surface area contributed by atoms with Gasteiger partial charge in [-0.05, 0) is 30.3 Å². The Morgan fingerprint density at radius 1 is 1.28 bits per heavy atom. The molecule has 0 aliphatic carbocycles. The molecule has 0 bridgehead atoms. The van der Waals surface area contributed by atoms with E-state index in [1.807, 2.05) is 4.98 Å². The first-order valence-corrected chi connectivity index (χ1v) is 8.77. The van der Waals surface area contributed by atoms with Gasteiger partial charge in [0.2, 0.25) is 5.88 Å². The van der Waals surface area contributed by atoms with Crippen LogP contribution in [0.25, 0.3) is 5.69 Å². The third-order valence-electron chi connectivity index (χ3n) is 3.51. The molecule has 1 aromatic heterocycles. The van der Waals surface area contributed by atoms with Gasteiger partial charge in [-0.3, -0.25) is 14.8 Å². The average molecular weight is 365 g/mol. The van der Waals surface area contributed by atoms with Crippen molar-refractivity contribution in [3.8, 4) is 11.6 Å². The smallest absolute Gasteiger partial charge is 0.335 e. The highest BCUT2D eigenvalue weighted by atomic mass is 32.2. The fourth-order valence-electron chi connectivity index (χ4n) is 2.31. The molecule has 0 saturated heterocycles. The maximum atomic E-state index is 13.0. The summed E-state index contributed by atoms with van der Waals surface area (Å²) in [5.41, 5.74) is -1.97. The van der Waals surface area contributed by atoms with E-state index in [1.165, 1.54) is 18.2 Å². The van der Waals surface area contributed by atoms with Crippen LogP contribution in [0.1, 0.15) is 5.56 Å². The Morgan fingerprint density at radius 3 is 2.56 bits per heavy atom. The van der Waals surface area contributed by atoms with E-state index in [4.69, 9.17) is 0 Å². The van der Waals surface area contributed by atoms with Gasteiger partial charge in [-0.25, -0.2) is 22.2 Å². The van der Waals surface area contributed by atoms with Gasteiger partial charge in [0.1, 0.15) is 11.4 Å². The Hall–Kier alpha value is -3.01. The number of hydrogen-bond donors (Lipinski definition) is 2. The van der Waals surface area contributed by atoms with Gasteiger partial charge >= 0.3 is 5.69 Å². The minimum absolute atomic E-state index is 0.137. The highest BCUT2D eigenvalue weighted by Gasteiger charge is 2.21. The minimum atomic E-state index is -3.32. The normalized spacial score (nSPS) is 18.8. The molecular formula is C15H12FN3O5S. The number of aromatic amines is 1. The molecule has 0 fully saturated rings. The molecule has 1 unspecified atom stereocenters. The van der Waals surface area contributed by atoms with Crippen LogP contribution < -0.4 is 11.2 Å². The van der Waals surface area contributed by atoms with Crippen LogP contribution in [0.15, 0.2) is 50.3 Å². The summed E-state index contributed by atoms with van der Waals surface area (Å²) in [6.07, 6.45) is 2.36. The molecular weight excluding hydrogens is 353 g/mol. The standard InChI is InChI=1S/C15H12FN3O5S/c16-9-1-3-11(4-2-9)19-14(21)12(13(20)18-15(19)22)7-17-10-5-6-25(23,24)8-10/h1-7,10,21H,8H2,(H,18,20,22). The molecule has 2 heterocycles. The number of H-pyrrole nitrogens is 1. The number of hydrogen-bond acceptors (Lipinski definition) is 6. The van der Waals surface area contributed by atoms with E-state index in [9.17, 15) is 27.5 Å². The SMILES string of the molecule is O=c1[nH]c(=O)n(-c2ccc(F)cc2)c(O)c1C=NC1C=CS(=O)(=O)C1. The van der Waals surface area contributed by atoms with Crippen molar-refractivity contribution in [2.45, 2.75) is 6.04 Å². The Kier molecular flexibility index (Phi) is 4.13. The first-order valence-electron chi connectivity index (χ1n) is 7.05. The predicted octanol–water partition coefficient (Wildman–Crippen LogP) is 0.100. The zero-order chi connectivity index (χ0) is 18.2. The van der Waals surface area contributed by atoms with Gasteiger partial charge in [-0.2, -0.15) is 0 Å². The molecule has 2 aromatic rings. The summed E-state index contributed by atoms with van der Waals surface area (Å²) in [6.45, 7) is 0. The van der Waals surface area contributed by atoms with Gasteiger partial charge in [0.05, 0.1) is 17.5 Å². The molecule has 0 saturated carbocycles. The molecule has 1 atom stereocenters. The summed E-state index contributed by atoms with van der Waals surface area (Å²) in [6, 6.07) is 4.00. The third kappa shape index (κ3) is 3.43. The van der Waals surface area contributed by atoms with Crippen molar-refractivity contribution in [1.29, 1.82) is 0 Å². The van der Waals surface area contributed by atoms with Gasteiger partial charge < -0.3 is 5.11 Å². The third-order valence-corrected chi connectivity index (χ3v) is 4.89. The van der Waals surface area contributed by atoms with Crippen LogP contribution >= 0.6 is 0 Å². The number of aromatic nitrogens is 2. The quantitative estimate of drug-likeness (QED) is 0.747. The maximum absolute atomic E-state index is 13.0. The fraction of sp³-hybridized carbons (Fsp3) is 0.133. The van der Waals surface area contributed by atoms with Gasteiger partial charge in [0.25, 0.3) is 5.56 Å². The highest BCUT2D eigenvalue weighted by molar-refractivity contribution is 7.94. The van der Waals surface area contributed by atoms with E-state index >= 15 is 0 Å². The number of aliphatic imine (C=N–C) groups is 1. The number of nitrogens with zero attached hydrogens (tertiary/aromatic N) is 2. The lowest BCUT2D eigenvalue weighted by Crippen LogP contribution is -2.31. The summed E-state index contributed by atoms with van der Waals surface area (Å²) < 4.78 is 36.5. The molecule has 1 aliphatic heterocycles. The van der Waals surface area contributed by atoms with Gasteiger partial charge in [0, 0.05) is 11.6 Å². The fourth-order valence-corrected chi connectivity index (χ4v) is 3.51. The first-order chi connectivity index (χ1) is 11.8. The maximum Gasteiger partial charge on any atom is 0.335 e. The number of nitrogens with one attached hydrogen (secondary N) is 1. The number of aromatic hydroxyl groups is 1. The van der Waals surface area contributed by atoms with E-state index in [-0.39, 0.29) is 17.0 Å². The zero-order valence-corrected chi connectivity index (χ0v) is 13.4. The molecule has 1 aliphatic rings. The Labute approximate surface area is 140 Å². The van der Waals surface area contributed by atoms with Gasteiger partial charge in [-0.15, -0.1) is 0 Å². The monoisotopic (exact) mass is 365 g/mol. The van der Waals surface area contributed by atoms with Gasteiger partial charge in [-0.1, -0.05) is 0 Å². The summed E-state index contributed by atoms with van der Waals surface area (Å²) in [5.74, 6) is -1.45. The van der Waals surface area contributed by atoms with E-state index in [2.05, 4.69) is 4.99 Å². The largest absolute Gasteiger partial charge is 0.493 e. The van der Waals surface area contributed by atoms with Crippen molar-refractivity contribution in [3.63, 3.8) is 0 Å². The Morgan fingerprint density at radius 2 is 1.96 bits per heavy atom. The van der Waals surface area contributed by atoms with Crippen molar-refractivity contribution >= 4 is 16.1 Å². The van der Waals surface area contributed by atoms with Crippen LogP contribution in [0.4, 0.5) is 4.39 Å². The van der Waals surface area contributed by atoms with Crippen molar-refractivity contribution in [2.24, 2.45) is 4.99 Å². The zero-order valence-electron chi connectivity index (χ0n) is 12.6. The average Bonchev–Trinajstić information content (AvgIpc) is 2.88. The molecule has 10 heteroatoms. The van der Waals surface area contributed by atoms with Crippen molar-refractivity contribution in [2.75, 3.05) is 5.75 Å². The lowest BCUT2D eigenvalue weighted by Gasteiger charge is -2.09. The van der Waals surface area contributed by atoms with Gasteiger partial charge in [0.15, 0.2) is 9.84 Å². The van der Waals surface area contributed by atoms with Crippen LogP contribution in [0.3, 0.4) is 0 Å². The summed E-state index contributed by atoms with van der Waals surface area (Å²) in [5, 5.41) is 11.3. The predicted molar refractivity (Wildman–Crippen MR) is 88.6 cm³/mol. The Bertz CT molecular complexity index is 1100. The first kappa shape index (κ1) is 16.8. The second-order valence-corrected chi connectivity index (χ2v) is 7.24. The summed E-state index contributed by atoms with van der Waals surface area (Å²) in [4.78, 5) is 29.8. The molecule has 3 rings (SSSR count). The van der Waals surface area contributed by atoms with E-state index in [0.717, 1.165) is 28.3 Å². The molecule has 2 N–H and O–H groups in total. The van der Waals surface area contributed by atoms with Crippen LogP contribution in [0, 0.1) is 5.82 Å². The molecule has 8 nitrogen and oxygen atoms in total. The molecule has 0 amide bonds. The van der Waals surface area contributed by atoms with Crippen LogP contribution in [0.2, 0.25) is 0 Å². The van der Waals surface area contributed by atoms with Crippen molar-refractivity contribution in [3.05, 3.63) is 68.0 Å². The molecule has 130 valence electrons. The van der Waals surface area contributed by atoms with E-state index < -0.39 is 38.8 Å². The van der Waals surface area contributed by atoms with E-state index in [0.29, 0.717) is 0 Å². The minimum Gasteiger partial charge on any atom is -0.493 e. The molecule has 25 heavy (non-hydrogen) atoms. The number of sulfone groups is 1. The number of rotatable bonds is 3. The second kappa shape index (κ2) is 6.13. The summed E-state index contributed by atoms with van der Waals surface area (Å²) in [7, 11) is -3.32. The topological polar surface area (TPSA) is 122 Å². The van der Waals surface area contributed by atoms with Crippen LogP contribution in [-0.4, -0.2) is 41.1 Å². The van der Waals surface area contributed by atoms with Crippen LogP contribution in [-0.2, 0) is 9.84 Å². The number of benzene rings is 1. The highest BCUT2D eigenvalue weighted by Crippen LogP contribution is 2.16. The Balaban J connectivity index is 2.05. The summed E-state index contributed by atoms with van der Waals surface area (Å²) >= 11 is 0.